The third-order valence-electron chi connectivity index (χ3n) is 5.44. The predicted octanol–water partition coefficient (Wildman–Crippen LogP) is 3.71. The third kappa shape index (κ3) is 7.87. The highest BCUT2D eigenvalue weighted by molar-refractivity contribution is 5.88. The summed E-state index contributed by atoms with van der Waals surface area (Å²) in [5, 5.41) is 14.0. The summed E-state index contributed by atoms with van der Waals surface area (Å²) in [6.45, 7) is 4.27. The average Bonchev–Trinajstić information content (AvgIpc) is 2.87. The Morgan fingerprint density at radius 3 is 2.31 bits per heavy atom. The number of rotatable bonds is 14. The summed E-state index contributed by atoms with van der Waals surface area (Å²) in [5.41, 5.74) is 0.623. The van der Waals surface area contributed by atoms with Crippen LogP contribution in [0.1, 0.15) is 38.7 Å². The molecule has 0 heterocycles. The smallest absolute Gasteiger partial charge is 0.311 e. The summed E-state index contributed by atoms with van der Waals surface area (Å²) >= 11 is 0. The molecular weight excluding hydrogens is 454 g/mol. The molecular formula is C25H33N3O7. The lowest BCUT2D eigenvalue weighted by Gasteiger charge is -2.30. The van der Waals surface area contributed by atoms with E-state index in [2.05, 4.69) is 5.32 Å². The van der Waals surface area contributed by atoms with Crippen LogP contribution in [-0.2, 0) is 16.1 Å². The van der Waals surface area contributed by atoms with Gasteiger partial charge < -0.3 is 24.4 Å². The number of methoxy groups -OCH3 is 2. The molecule has 1 atom stereocenters. The maximum Gasteiger partial charge on any atom is 0.311 e. The molecule has 0 aromatic heterocycles. The number of nitrogens with zero attached hydrogens (tertiary/aromatic N) is 2. The molecule has 0 fully saturated rings. The van der Waals surface area contributed by atoms with Gasteiger partial charge in [0.2, 0.25) is 11.7 Å². The molecule has 0 radical (unpaired) electrons. The van der Waals surface area contributed by atoms with Crippen LogP contribution in [0.3, 0.4) is 0 Å². The van der Waals surface area contributed by atoms with Crippen molar-refractivity contribution < 1.29 is 28.7 Å². The number of hydrogen-bond donors (Lipinski definition) is 1. The summed E-state index contributed by atoms with van der Waals surface area (Å²) in [6.07, 6.45) is 2.21. The molecule has 1 unspecified atom stereocenters. The van der Waals surface area contributed by atoms with Crippen molar-refractivity contribution in [1.29, 1.82) is 0 Å². The molecule has 1 N–H and O–H groups in total. The van der Waals surface area contributed by atoms with Crippen LogP contribution in [-0.4, -0.2) is 55.1 Å². The zero-order valence-corrected chi connectivity index (χ0v) is 20.6. The van der Waals surface area contributed by atoms with Crippen molar-refractivity contribution >= 4 is 17.5 Å². The minimum atomic E-state index is -0.684. The second-order valence-electron chi connectivity index (χ2n) is 7.82. The van der Waals surface area contributed by atoms with E-state index in [0.717, 1.165) is 18.4 Å². The SMILES string of the molecule is CCCCNC(=O)C(CC)N(Cc1ccc(OC)cc1)C(=O)COc1ccc([N+](=O)[O-])c(OC)c1. The van der Waals surface area contributed by atoms with Crippen molar-refractivity contribution in [2.45, 2.75) is 45.7 Å². The van der Waals surface area contributed by atoms with Crippen LogP contribution >= 0.6 is 0 Å². The molecule has 190 valence electrons. The van der Waals surface area contributed by atoms with Gasteiger partial charge in [-0.15, -0.1) is 0 Å². The number of ether oxygens (including phenoxy) is 3. The number of carbonyl (C=O) groups is 2. The Hall–Kier alpha value is -3.82. The molecule has 0 bridgehead atoms. The van der Waals surface area contributed by atoms with E-state index in [1.807, 2.05) is 26.0 Å². The van der Waals surface area contributed by atoms with Gasteiger partial charge in [-0.25, -0.2) is 0 Å². The van der Waals surface area contributed by atoms with E-state index in [-0.39, 0.29) is 36.2 Å². The topological polar surface area (TPSA) is 120 Å². The lowest BCUT2D eigenvalue weighted by atomic mass is 10.1. The highest BCUT2D eigenvalue weighted by Gasteiger charge is 2.29. The van der Waals surface area contributed by atoms with Gasteiger partial charge in [0.1, 0.15) is 17.5 Å². The molecule has 2 aromatic rings. The number of hydrogen-bond acceptors (Lipinski definition) is 7. The van der Waals surface area contributed by atoms with Gasteiger partial charge in [0.05, 0.1) is 19.1 Å². The van der Waals surface area contributed by atoms with Crippen molar-refractivity contribution in [2.75, 3.05) is 27.4 Å². The van der Waals surface area contributed by atoms with E-state index in [4.69, 9.17) is 14.2 Å². The Balaban J connectivity index is 2.22. The Labute approximate surface area is 205 Å². The molecule has 0 aliphatic rings. The molecule has 2 rings (SSSR count). The molecule has 0 saturated carbocycles. The minimum absolute atomic E-state index is 0.0248. The summed E-state index contributed by atoms with van der Waals surface area (Å²) < 4.78 is 15.9. The standard InChI is InChI=1S/C25H33N3O7/c1-5-7-14-26-25(30)21(6-2)27(16-18-8-10-19(33-3)11-9-18)24(29)17-35-20-12-13-22(28(31)32)23(15-20)34-4/h8-13,15,21H,5-7,14,16-17H2,1-4H3,(H,26,30). The van der Waals surface area contributed by atoms with Crippen LogP contribution in [0.5, 0.6) is 17.2 Å². The summed E-state index contributed by atoms with van der Waals surface area (Å²) in [5.74, 6) is 0.337. The summed E-state index contributed by atoms with van der Waals surface area (Å²) in [7, 11) is 2.89. The number of benzene rings is 2. The molecule has 10 nitrogen and oxygen atoms in total. The van der Waals surface area contributed by atoms with E-state index >= 15 is 0 Å². The fourth-order valence-corrected chi connectivity index (χ4v) is 3.48. The monoisotopic (exact) mass is 487 g/mol. The fraction of sp³-hybridized carbons (Fsp3) is 0.440. The quantitative estimate of drug-likeness (QED) is 0.245. The number of nitro benzene ring substituents is 1. The highest BCUT2D eigenvalue weighted by Crippen LogP contribution is 2.30. The maximum absolute atomic E-state index is 13.3. The van der Waals surface area contributed by atoms with E-state index in [1.165, 1.54) is 30.2 Å². The lowest BCUT2D eigenvalue weighted by molar-refractivity contribution is -0.385. The van der Waals surface area contributed by atoms with E-state index in [1.54, 1.807) is 19.2 Å². The zero-order valence-electron chi connectivity index (χ0n) is 20.6. The Morgan fingerprint density at radius 1 is 1.06 bits per heavy atom. The van der Waals surface area contributed by atoms with Gasteiger partial charge in [-0.3, -0.25) is 19.7 Å². The predicted molar refractivity (Wildman–Crippen MR) is 131 cm³/mol. The molecule has 0 aliphatic carbocycles. The van der Waals surface area contributed by atoms with Gasteiger partial charge in [0, 0.05) is 25.2 Å². The van der Waals surface area contributed by atoms with Crippen LogP contribution in [0.2, 0.25) is 0 Å². The number of nitrogens with one attached hydrogen (secondary N) is 1. The Kier molecular flexibility index (Phi) is 10.8. The number of unbranched alkanes of at least 4 members (excludes halogenated alkanes) is 1. The van der Waals surface area contributed by atoms with Gasteiger partial charge in [0.15, 0.2) is 6.61 Å². The zero-order chi connectivity index (χ0) is 25.8. The lowest BCUT2D eigenvalue weighted by Crippen LogP contribution is -2.50. The van der Waals surface area contributed by atoms with Crippen LogP contribution in [0.15, 0.2) is 42.5 Å². The number of nitro groups is 1. The van der Waals surface area contributed by atoms with Gasteiger partial charge in [-0.1, -0.05) is 32.4 Å². The first-order chi connectivity index (χ1) is 16.8. The van der Waals surface area contributed by atoms with E-state index < -0.39 is 16.9 Å². The second-order valence-corrected chi connectivity index (χ2v) is 7.82. The Bertz CT molecular complexity index is 995. The van der Waals surface area contributed by atoms with Crippen molar-refractivity contribution in [2.24, 2.45) is 0 Å². The van der Waals surface area contributed by atoms with Crippen LogP contribution in [0.25, 0.3) is 0 Å². The fourth-order valence-electron chi connectivity index (χ4n) is 3.48. The van der Waals surface area contributed by atoms with Crippen LogP contribution in [0, 0.1) is 10.1 Å². The van der Waals surface area contributed by atoms with Crippen molar-refractivity contribution in [3.8, 4) is 17.2 Å². The first-order valence-electron chi connectivity index (χ1n) is 11.5. The molecule has 2 aromatic carbocycles. The third-order valence-corrected chi connectivity index (χ3v) is 5.44. The highest BCUT2D eigenvalue weighted by atomic mass is 16.6. The molecule has 35 heavy (non-hydrogen) atoms. The second kappa shape index (κ2) is 13.8. The normalized spacial score (nSPS) is 11.3. The first-order valence-corrected chi connectivity index (χ1v) is 11.5. The van der Waals surface area contributed by atoms with Crippen LogP contribution in [0.4, 0.5) is 5.69 Å². The van der Waals surface area contributed by atoms with Gasteiger partial charge in [-0.2, -0.15) is 0 Å². The largest absolute Gasteiger partial charge is 0.497 e. The maximum atomic E-state index is 13.3. The molecule has 10 heteroatoms. The first kappa shape index (κ1) is 27.4. The van der Waals surface area contributed by atoms with Gasteiger partial charge in [-0.05, 0) is 36.6 Å². The number of carbonyl (C=O) groups excluding carboxylic acids is 2. The van der Waals surface area contributed by atoms with E-state index in [9.17, 15) is 19.7 Å². The summed E-state index contributed by atoms with van der Waals surface area (Å²) in [4.78, 5) is 38.2. The van der Waals surface area contributed by atoms with Crippen molar-refractivity contribution in [3.05, 3.63) is 58.1 Å². The van der Waals surface area contributed by atoms with Gasteiger partial charge in [0.25, 0.3) is 5.91 Å². The molecule has 0 spiro atoms. The molecule has 0 aliphatic heterocycles. The Morgan fingerprint density at radius 2 is 1.74 bits per heavy atom. The van der Waals surface area contributed by atoms with Crippen LogP contribution < -0.4 is 19.5 Å². The van der Waals surface area contributed by atoms with Crippen molar-refractivity contribution in [1.82, 2.24) is 10.2 Å². The van der Waals surface area contributed by atoms with Gasteiger partial charge >= 0.3 is 5.69 Å². The van der Waals surface area contributed by atoms with E-state index in [0.29, 0.717) is 18.7 Å². The molecule has 0 saturated heterocycles. The minimum Gasteiger partial charge on any atom is -0.497 e. The number of amides is 2. The van der Waals surface area contributed by atoms with Crippen molar-refractivity contribution in [3.63, 3.8) is 0 Å². The summed E-state index contributed by atoms with van der Waals surface area (Å²) in [6, 6.07) is 10.6. The average molecular weight is 488 g/mol. The molecule has 2 amide bonds.